The number of nitrogens with two attached hydrogens (primary N) is 1. The maximum atomic E-state index is 13.3. The Labute approximate surface area is 140 Å². The highest BCUT2D eigenvalue weighted by Crippen LogP contribution is 2.16. The zero-order valence-electron chi connectivity index (χ0n) is 13.8. The van der Waals surface area contributed by atoms with Crippen LogP contribution >= 0.6 is 0 Å². The maximum absolute atomic E-state index is 13.3. The van der Waals surface area contributed by atoms with E-state index < -0.39 is 5.82 Å². The number of guanidine groups is 1. The van der Waals surface area contributed by atoms with Crippen LogP contribution in [0, 0.1) is 5.82 Å². The van der Waals surface area contributed by atoms with Crippen molar-refractivity contribution < 1.29 is 14.3 Å². The summed E-state index contributed by atoms with van der Waals surface area (Å²) in [5.74, 6) is -0.667. The van der Waals surface area contributed by atoms with Gasteiger partial charge in [-0.1, -0.05) is 6.07 Å². The van der Waals surface area contributed by atoms with Crippen molar-refractivity contribution in [1.82, 2.24) is 15.5 Å². The Hall–Kier alpha value is -2.35. The third-order valence-electron chi connectivity index (χ3n) is 4.00. The van der Waals surface area contributed by atoms with Gasteiger partial charge in [0.1, 0.15) is 0 Å². The van der Waals surface area contributed by atoms with E-state index in [2.05, 4.69) is 15.6 Å². The third-order valence-corrected chi connectivity index (χ3v) is 4.00. The fourth-order valence-electron chi connectivity index (χ4n) is 2.69. The molecular weight excluding hydrogens is 313 g/mol. The highest BCUT2D eigenvalue weighted by Gasteiger charge is 2.20. The van der Waals surface area contributed by atoms with Crippen molar-refractivity contribution in [3.8, 4) is 5.75 Å². The Morgan fingerprint density at radius 1 is 1.46 bits per heavy atom. The third kappa shape index (κ3) is 5.38. The number of rotatable bonds is 5. The number of likely N-dealkylation sites (tertiary alicyclic amines) is 1. The number of carbonyl (C=O) groups excluding carboxylic acids is 1. The number of aliphatic imine (C=N–C) groups is 1. The lowest BCUT2D eigenvalue weighted by atomic mass is 10.1. The quantitative estimate of drug-likeness (QED) is 0.452. The van der Waals surface area contributed by atoms with Crippen LogP contribution in [-0.4, -0.2) is 54.6 Å². The van der Waals surface area contributed by atoms with Crippen molar-refractivity contribution in [3.05, 3.63) is 29.6 Å². The van der Waals surface area contributed by atoms with Crippen molar-refractivity contribution in [1.29, 1.82) is 0 Å². The first kappa shape index (κ1) is 18.0. The second-order valence-corrected chi connectivity index (χ2v) is 5.87. The van der Waals surface area contributed by atoms with Crippen LogP contribution in [0.3, 0.4) is 0 Å². The van der Waals surface area contributed by atoms with Crippen LogP contribution in [0.15, 0.2) is 23.2 Å². The second-order valence-electron chi connectivity index (χ2n) is 5.87. The number of aromatic hydroxyl groups is 1. The summed E-state index contributed by atoms with van der Waals surface area (Å²) in [7, 11) is 1.68. The van der Waals surface area contributed by atoms with Crippen molar-refractivity contribution in [2.75, 3.05) is 26.7 Å². The first-order valence-corrected chi connectivity index (χ1v) is 7.93. The van der Waals surface area contributed by atoms with Gasteiger partial charge in [0.2, 0.25) is 5.91 Å². The largest absolute Gasteiger partial charge is 0.505 e. The molecule has 1 aromatic rings. The summed E-state index contributed by atoms with van der Waals surface area (Å²) in [6, 6.07) is 4.53. The van der Waals surface area contributed by atoms with E-state index in [9.17, 15) is 14.3 Å². The molecule has 0 spiro atoms. The lowest BCUT2D eigenvalue weighted by Gasteiger charge is -2.32. The predicted octanol–water partition coefficient (Wildman–Crippen LogP) is 0.146. The molecular formula is C16H24FN5O2. The summed E-state index contributed by atoms with van der Waals surface area (Å²) in [4.78, 5) is 17.1. The molecule has 1 saturated heterocycles. The van der Waals surface area contributed by atoms with Gasteiger partial charge in [-0.15, -0.1) is 0 Å². The zero-order chi connectivity index (χ0) is 17.5. The Morgan fingerprint density at radius 3 is 2.75 bits per heavy atom. The topological polar surface area (TPSA) is 103 Å². The number of halogens is 1. The highest BCUT2D eigenvalue weighted by atomic mass is 19.1. The minimum atomic E-state index is -0.640. The first-order chi connectivity index (χ1) is 11.5. The number of hydrogen-bond donors (Lipinski definition) is 4. The molecule has 1 aliphatic rings. The van der Waals surface area contributed by atoms with Gasteiger partial charge in [0.05, 0.1) is 6.54 Å². The smallest absolute Gasteiger partial charge is 0.231 e. The molecule has 1 aromatic carbocycles. The summed E-state index contributed by atoms with van der Waals surface area (Å²) < 4.78 is 13.3. The van der Waals surface area contributed by atoms with Gasteiger partial charge in [-0.2, -0.15) is 0 Å². The molecule has 0 saturated carbocycles. The molecule has 2 rings (SSSR count). The number of primary amides is 1. The van der Waals surface area contributed by atoms with E-state index in [0.29, 0.717) is 24.6 Å². The molecule has 0 aromatic heterocycles. The fraction of sp³-hybridized carbons (Fsp3) is 0.500. The van der Waals surface area contributed by atoms with Crippen LogP contribution in [0.25, 0.3) is 0 Å². The zero-order valence-corrected chi connectivity index (χ0v) is 13.8. The number of nitrogens with zero attached hydrogens (tertiary/aromatic N) is 2. The summed E-state index contributed by atoms with van der Waals surface area (Å²) in [6.45, 7) is 2.31. The van der Waals surface area contributed by atoms with Gasteiger partial charge in [-0.25, -0.2) is 4.39 Å². The predicted molar refractivity (Wildman–Crippen MR) is 90.1 cm³/mol. The van der Waals surface area contributed by atoms with Crippen LogP contribution in [0.4, 0.5) is 4.39 Å². The SMILES string of the molecule is CN=C(NCc1ccc(O)c(F)c1)NC1CCN(CC(N)=O)CC1. The van der Waals surface area contributed by atoms with Gasteiger partial charge in [-0.3, -0.25) is 14.7 Å². The van der Waals surface area contributed by atoms with Crippen molar-refractivity contribution in [2.24, 2.45) is 10.7 Å². The van der Waals surface area contributed by atoms with Crippen molar-refractivity contribution in [3.63, 3.8) is 0 Å². The Bertz CT molecular complexity index is 600. The Balaban J connectivity index is 1.78. The minimum absolute atomic E-state index is 0.261. The number of phenols is 1. The van der Waals surface area contributed by atoms with Crippen molar-refractivity contribution >= 4 is 11.9 Å². The average molecular weight is 337 g/mol. The van der Waals surface area contributed by atoms with E-state index in [1.165, 1.54) is 12.1 Å². The number of benzene rings is 1. The molecule has 1 heterocycles. The van der Waals surface area contributed by atoms with Gasteiger partial charge in [0.25, 0.3) is 0 Å². The number of hydrogen-bond acceptors (Lipinski definition) is 4. The number of phenolic OH excluding ortho intramolecular Hbond substituents is 1. The van der Waals surface area contributed by atoms with Gasteiger partial charge in [0.15, 0.2) is 17.5 Å². The molecule has 1 aliphatic heterocycles. The lowest BCUT2D eigenvalue weighted by molar-refractivity contribution is -0.119. The Kier molecular flexibility index (Phi) is 6.36. The Morgan fingerprint density at radius 2 is 2.17 bits per heavy atom. The monoisotopic (exact) mass is 337 g/mol. The lowest BCUT2D eigenvalue weighted by Crippen LogP contribution is -2.49. The maximum Gasteiger partial charge on any atom is 0.231 e. The van der Waals surface area contributed by atoms with Crippen LogP contribution in [0.2, 0.25) is 0 Å². The summed E-state index contributed by atoms with van der Waals surface area (Å²) in [5.41, 5.74) is 5.92. The number of nitrogens with one attached hydrogen (secondary N) is 2. The van der Waals surface area contributed by atoms with E-state index in [1.54, 1.807) is 13.1 Å². The minimum Gasteiger partial charge on any atom is -0.505 e. The highest BCUT2D eigenvalue weighted by molar-refractivity contribution is 5.80. The van der Waals surface area contributed by atoms with Gasteiger partial charge in [-0.05, 0) is 30.5 Å². The number of piperidine rings is 1. The molecule has 0 aliphatic carbocycles. The van der Waals surface area contributed by atoms with E-state index in [4.69, 9.17) is 5.73 Å². The number of amides is 1. The molecule has 0 bridgehead atoms. The van der Waals surface area contributed by atoms with E-state index >= 15 is 0 Å². The molecule has 8 heteroatoms. The van der Waals surface area contributed by atoms with Crippen LogP contribution in [0.1, 0.15) is 18.4 Å². The second kappa shape index (κ2) is 8.49. The molecule has 1 fully saturated rings. The van der Waals surface area contributed by atoms with E-state index in [0.717, 1.165) is 25.9 Å². The summed E-state index contributed by atoms with van der Waals surface area (Å²) >= 11 is 0. The van der Waals surface area contributed by atoms with E-state index in [1.807, 2.05) is 4.90 Å². The fourth-order valence-corrected chi connectivity index (χ4v) is 2.69. The summed E-state index contributed by atoms with van der Waals surface area (Å²) in [6.07, 6.45) is 1.78. The number of carbonyl (C=O) groups is 1. The standard InChI is InChI=1S/C16H24FN5O2/c1-19-16(20-9-11-2-3-14(23)13(17)8-11)21-12-4-6-22(7-5-12)10-15(18)24/h2-3,8,12,23H,4-7,9-10H2,1H3,(H2,18,24)(H2,19,20,21). The molecule has 0 atom stereocenters. The first-order valence-electron chi connectivity index (χ1n) is 7.93. The normalized spacial score (nSPS) is 16.8. The molecule has 132 valence electrons. The molecule has 5 N–H and O–H groups in total. The average Bonchev–Trinajstić information content (AvgIpc) is 2.55. The molecule has 24 heavy (non-hydrogen) atoms. The van der Waals surface area contributed by atoms with Crippen molar-refractivity contribution in [2.45, 2.75) is 25.4 Å². The molecule has 7 nitrogen and oxygen atoms in total. The van der Waals surface area contributed by atoms with Crippen LogP contribution < -0.4 is 16.4 Å². The molecule has 0 unspecified atom stereocenters. The van der Waals surface area contributed by atoms with Crippen LogP contribution in [-0.2, 0) is 11.3 Å². The van der Waals surface area contributed by atoms with Gasteiger partial charge >= 0.3 is 0 Å². The summed E-state index contributed by atoms with van der Waals surface area (Å²) in [5, 5.41) is 15.6. The molecule has 0 radical (unpaired) electrons. The molecule has 1 amide bonds. The van der Waals surface area contributed by atoms with E-state index in [-0.39, 0.29) is 17.7 Å². The van der Waals surface area contributed by atoms with Crippen LogP contribution in [0.5, 0.6) is 5.75 Å². The van der Waals surface area contributed by atoms with Gasteiger partial charge < -0.3 is 21.5 Å². The van der Waals surface area contributed by atoms with Gasteiger partial charge in [0, 0.05) is 32.7 Å².